The van der Waals surface area contributed by atoms with E-state index in [0.29, 0.717) is 23.5 Å². The minimum Gasteiger partial charge on any atom is -0.486 e. The van der Waals surface area contributed by atoms with Gasteiger partial charge < -0.3 is 19.8 Å². The highest BCUT2D eigenvalue weighted by Crippen LogP contribution is 2.30. The van der Waals surface area contributed by atoms with Crippen LogP contribution in [0.2, 0.25) is 0 Å². The maximum Gasteiger partial charge on any atom is 0.267 e. The normalized spacial score (nSPS) is 15.8. The number of amides is 1. The zero-order chi connectivity index (χ0) is 17.2. The number of H-pyrrole nitrogens is 1. The van der Waals surface area contributed by atoms with Crippen LogP contribution in [0.3, 0.4) is 0 Å². The molecule has 0 bridgehead atoms. The largest absolute Gasteiger partial charge is 0.486 e. The van der Waals surface area contributed by atoms with Gasteiger partial charge in [0.15, 0.2) is 11.5 Å². The van der Waals surface area contributed by atoms with Crippen molar-refractivity contribution in [2.75, 3.05) is 13.2 Å². The van der Waals surface area contributed by atoms with E-state index in [1.54, 1.807) is 24.3 Å². The lowest BCUT2D eigenvalue weighted by molar-refractivity contribution is 0.0786. The molecule has 0 saturated carbocycles. The Bertz CT molecular complexity index is 996. The minimum atomic E-state index is -0.356. The van der Waals surface area contributed by atoms with E-state index in [9.17, 15) is 9.59 Å². The number of aromatic nitrogens is 1. The Balaban J connectivity index is 1.45. The van der Waals surface area contributed by atoms with Gasteiger partial charge in [0.25, 0.3) is 11.5 Å². The van der Waals surface area contributed by atoms with Gasteiger partial charge in [-0.2, -0.15) is 0 Å². The van der Waals surface area contributed by atoms with E-state index in [-0.39, 0.29) is 29.8 Å². The Morgan fingerprint density at radius 2 is 1.88 bits per heavy atom. The van der Waals surface area contributed by atoms with Gasteiger partial charge in [0, 0.05) is 5.39 Å². The molecular weight excluding hydrogens is 320 g/mol. The molecule has 126 valence electrons. The predicted molar refractivity (Wildman–Crippen MR) is 93.3 cm³/mol. The third-order valence-electron chi connectivity index (χ3n) is 4.06. The molecule has 2 N–H and O–H groups in total. The second-order valence-corrected chi connectivity index (χ2v) is 5.81. The summed E-state index contributed by atoms with van der Waals surface area (Å²) in [5.74, 6) is 1.00. The average Bonchev–Trinajstić information content (AvgIpc) is 2.66. The molecular formula is C19H16N2O4. The van der Waals surface area contributed by atoms with Crippen LogP contribution in [-0.4, -0.2) is 30.1 Å². The molecule has 6 nitrogen and oxygen atoms in total. The fraction of sp³-hybridized carbons (Fsp3) is 0.158. The summed E-state index contributed by atoms with van der Waals surface area (Å²) >= 11 is 0. The van der Waals surface area contributed by atoms with Gasteiger partial charge in [-0.1, -0.05) is 30.3 Å². The van der Waals surface area contributed by atoms with Gasteiger partial charge in [-0.05, 0) is 29.7 Å². The quantitative estimate of drug-likeness (QED) is 0.767. The highest BCUT2D eigenvalue weighted by Gasteiger charge is 2.21. The molecule has 0 fully saturated rings. The topological polar surface area (TPSA) is 80.4 Å². The van der Waals surface area contributed by atoms with Crippen LogP contribution in [0.4, 0.5) is 0 Å². The first kappa shape index (κ1) is 15.3. The van der Waals surface area contributed by atoms with Gasteiger partial charge in [0.05, 0.1) is 6.54 Å². The number of ether oxygens (including phenoxy) is 2. The van der Waals surface area contributed by atoms with E-state index in [1.807, 2.05) is 30.3 Å². The summed E-state index contributed by atoms with van der Waals surface area (Å²) in [6, 6.07) is 16.2. The summed E-state index contributed by atoms with van der Waals surface area (Å²) in [5, 5.41) is 4.06. The van der Waals surface area contributed by atoms with Gasteiger partial charge in [-0.15, -0.1) is 0 Å². The Morgan fingerprint density at radius 1 is 1.12 bits per heavy atom. The van der Waals surface area contributed by atoms with E-state index in [0.717, 1.165) is 5.39 Å². The molecule has 1 atom stereocenters. The van der Waals surface area contributed by atoms with Crippen molar-refractivity contribution < 1.29 is 14.3 Å². The molecule has 1 aliphatic rings. The molecule has 0 saturated heterocycles. The highest BCUT2D eigenvalue weighted by molar-refractivity contribution is 5.96. The Labute approximate surface area is 143 Å². The molecule has 0 radical (unpaired) electrons. The fourth-order valence-corrected chi connectivity index (χ4v) is 2.80. The van der Waals surface area contributed by atoms with Crippen molar-refractivity contribution in [2.45, 2.75) is 6.10 Å². The molecule has 4 rings (SSSR count). The monoisotopic (exact) mass is 336 g/mol. The fourth-order valence-electron chi connectivity index (χ4n) is 2.80. The van der Waals surface area contributed by atoms with Crippen molar-refractivity contribution in [2.24, 2.45) is 0 Å². The van der Waals surface area contributed by atoms with Crippen LogP contribution in [0.1, 0.15) is 10.5 Å². The Kier molecular flexibility index (Phi) is 3.85. The first-order valence-corrected chi connectivity index (χ1v) is 7.99. The van der Waals surface area contributed by atoms with Crippen molar-refractivity contribution in [3.8, 4) is 11.5 Å². The van der Waals surface area contributed by atoms with Crippen LogP contribution < -0.4 is 20.3 Å². The lowest BCUT2D eigenvalue weighted by atomic mass is 10.1. The molecule has 1 aromatic heterocycles. The van der Waals surface area contributed by atoms with Crippen LogP contribution in [-0.2, 0) is 0 Å². The molecule has 2 aromatic carbocycles. The molecule has 2 heterocycles. The number of para-hydroxylation sites is 2. The molecule has 0 aliphatic carbocycles. The van der Waals surface area contributed by atoms with Crippen molar-refractivity contribution in [3.05, 3.63) is 70.6 Å². The SMILES string of the molecule is O=C(NC[C@@H]1COc2ccccc2O1)c1cc2ccccc2c(=O)[nH]1. The number of fused-ring (bicyclic) bond motifs is 2. The van der Waals surface area contributed by atoms with E-state index >= 15 is 0 Å². The maximum atomic E-state index is 12.4. The summed E-state index contributed by atoms with van der Waals surface area (Å²) in [4.78, 5) is 27.0. The number of aromatic amines is 1. The summed E-state index contributed by atoms with van der Waals surface area (Å²) < 4.78 is 11.4. The molecule has 0 unspecified atom stereocenters. The number of nitrogens with one attached hydrogen (secondary N) is 2. The first-order chi connectivity index (χ1) is 12.2. The Morgan fingerprint density at radius 3 is 2.76 bits per heavy atom. The number of hydrogen-bond acceptors (Lipinski definition) is 4. The van der Waals surface area contributed by atoms with Gasteiger partial charge in [-0.25, -0.2) is 0 Å². The maximum absolute atomic E-state index is 12.4. The molecule has 1 aliphatic heterocycles. The van der Waals surface area contributed by atoms with Crippen LogP contribution in [0.15, 0.2) is 59.4 Å². The van der Waals surface area contributed by atoms with Crippen LogP contribution in [0, 0.1) is 0 Å². The average molecular weight is 336 g/mol. The summed E-state index contributed by atoms with van der Waals surface area (Å²) in [6.07, 6.45) is -0.286. The second kappa shape index (κ2) is 6.32. The van der Waals surface area contributed by atoms with Crippen molar-refractivity contribution in [1.82, 2.24) is 10.3 Å². The first-order valence-electron chi connectivity index (χ1n) is 7.99. The minimum absolute atomic E-state index is 0.223. The number of rotatable bonds is 3. The van der Waals surface area contributed by atoms with Crippen molar-refractivity contribution in [3.63, 3.8) is 0 Å². The standard InChI is InChI=1S/C19H16N2O4/c22-18-14-6-2-1-5-12(14)9-15(21-18)19(23)20-10-13-11-24-16-7-3-4-8-17(16)25-13/h1-9,13H,10-11H2,(H,20,23)(H,21,22)/t13-/m1/s1. The molecule has 3 aromatic rings. The van der Waals surface area contributed by atoms with Crippen LogP contribution in [0.25, 0.3) is 10.8 Å². The third kappa shape index (κ3) is 3.06. The number of carbonyl (C=O) groups is 1. The summed E-state index contributed by atoms with van der Waals surface area (Å²) in [7, 11) is 0. The summed E-state index contributed by atoms with van der Waals surface area (Å²) in [5.41, 5.74) is -0.0599. The molecule has 25 heavy (non-hydrogen) atoms. The highest BCUT2D eigenvalue weighted by atomic mass is 16.6. The second-order valence-electron chi connectivity index (χ2n) is 5.81. The lowest BCUT2D eigenvalue weighted by Gasteiger charge is -2.26. The predicted octanol–water partition coefficient (Wildman–Crippen LogP) is 2.10. The van der Waals surface area contributed by atoms with E-state index in [1.165, 1.54) is 0 Å². The van der Waals surface area contributed by atoms with Gasteiger partial charge in [0.2, 0.25) is 0 Å². The molecule has 1 amide bonds. The number of hydrogen-bond donors (Lipinski definition) is 2. The zero-order valence-corrected chi connectivity index (χ0v) is 13.3. The number of carbonyl (C=O) groups excluding carboxylic acids is 1. The lowest BCUT2D eigenvalue weighted by Crippen LogP contribution is -2.41. The van der Waals surface area contributed by atoms with Gasteiger partial charge >= 0.3 is 0 Å². The summed E-state index contributed by atoms with van der Waals surface area (Å²) in [6.45, 7) is 0.632. The zero-order valence-electron chi connectivity index (χ0n) is 13.3. The number of pyridine rings is 1. The third-order valence-corrected chi connectivity index (χ3v) is 4.06. The van der Waals surface area contributed by atoms with Crippen molar-refractivity contribution >= 4 is 16.7 Å². The van der Waals surface area contributed by atoms with E-state index in [4.69, 9.17) is 9.47 Å². The van der Waals surface area contributed by atoms with Crippen LogP contribution >= 0.6 is 0 Å². The van der Waals surface area contributed by atoms with Crippen LogP contribution in [0.5, 0.6) is 11.5 Å². The number of benzene rings is 2. The smallest absolute Gasteiger partial charge is 0.267 e. The van der Waals surface area contributed by atoms with Gasteiger partial charge in [0.1, 0.15) is 18.4 Å². The van der Waals surface area contributed by atoms with Gasteiger partial charge in [-0.3, -0.25) is 9.59 Å². The van der Waals surface area contributed by atoms with E-state index < -0.39 is 0 Å². The Hall–Kier alpha value is -3.28. The van der Waals surface area contributed by atoms with E-state index in [2.05, 4.69) is 10.3 Å². The molecule has 6 heteroatoms. The molecule has 0 spiro atoms. The van der Waals surface area contributed by atoms with Crippen molar-refractivity contribution in [1.29, 1.82) is 0 Å².